The minimum atomic E-state index is -0.342. The van der Waals surface area contributed by atoms with Gasteiger partial charge in [0.15, 0.2) is 0 Å². The topological polar surface area (TPSA) is 84.1 Å². The van der Waals surface area contributed by atoms with Crippen LogP contribution in [-0.4, -0.2) is 15.1 Å². The predicted molar refractivity (Wildman–Crippen MR) is 88.0 cm³/mol. The van der Waals surface area contributed by atoms with Crippen molar-refractivity contribution in [3.63, 3.8) is 0 Å². The first-order chi connectivity index (χ1) is 11.0. The van der Waals surface area contributed by atoms with E-state index < -0.39 is 0 Å². The summed E-state index contributed by atoms with van der Waals surface area (Å²) in [5.74, 6) is -0.172. The third-order valence-electron chi connectivity index (χ3n) is 3.35. The molecule has 4 N–H and O–H groups in total. The molecule has 3 rings (SSSR count). The third kappa shape index (κ3) is 3.21. The normalized spacial score (nSPS) is 10.5. The molecular formula is C17H15FN4O. The van der Waals surface area contributed by atoms with Crippen LogP contribution in [0.25, 0.3) is 11.3 Å². The molecule has 0 radical (unpaired) electrons. The van der Waals surface area contributed by atoms with Crippen LogP contribution in [0.3, 0.4) is 0 Å². The maximum atomic E-state index is 13.9. The standard InChI is InChI=1S/C17H15FN4O/c1-10-2-4-15(13(18)8-10)21-11-3-5-16(23)12(9-11)14-6-7-20-17(19)22-14/h2-9,21,23H,1H3,(H2,19,20,22). The van der Waals surface area contributed by atoms with Crippen molar-refractivity contribution in [2.75, 3.05) is 11.1 Å². The molecule has 5 nitrogen and oxygen atoms in total. The fourth-order valence-corrected chi connectivity index (χ4v) is 2.22. The molecule has 0 amide bonds. The fraction of sp³-hybridized carbons (Fsp3) is 0.0588. The van der Waals surface area contributed by atoms with Crippen LogP contribution in [0.15, 0.2) is 48.7 Å². The Morgan fingerprint density at radius 1 is 1.13 bits per heavy atom. The highest BCUT2D eigenvalue weighted by Gasteiger charge is 2.09. The molecule has 0 aliphatic rings. The molecule has 0 bridgehead atoms. The van der Waals surface area contributed by atoms with Crippen LogP contribution in [0.5, 0.6) is 5.75 Å². The minimum Gasteiger partial charge on any atom is -0.507 e. The van der Waals surface area contributed by atoms with E-state index in [1.165, 1.54) is 18.3 Å². The van der Waals surface area contributed by atoms with Crippen LogP contribution < -0.4 is 11.1 Å². The lowest BCUT2D eigenvalue weighted by Crippen LogP contribution is -1.97. The third-order valence-corrected chi connectivity index (χ3v) is 3.35. The number of nitrogen functional groups attached to an aromatic ring is 1. The molecule has 6 heteroatoms. The number of nitrogens with zero attached hydrogens (tertiary/aromatic N) is 2. The molecule has 0 atom stereocenters. The number of aryl methyl sites for hydroxylation is 1. The van der Waals surface area contributed by atoms with Gasteiger partial charge in [-0.3, -0.25) is 0 Å². The van der Waals surface area contributed by atoms with Crippen molar-refractivity contribution in [3.8, 4) is 17.0 Å². The lowest BCUT2D eigenvalue weighted by molar-refractivity contribution is 0.477. The van der Waals surface area contributed by atoms with Crippen molar-refractivity contribution in [1.29, 1.82) is 0 Å². The lowest BCUT2D eigenvalue weighted by atomic mass is 10.1. The van der Waals surface area contributed by atoms with Gasteiger partial charge in [0.05, 0.1) is 11.4 Å². The fourth-order valence-electron chi connectivity index (χ4n) is 2.22. The number of anilines is 3. The Morgan fingerprint density at radius 2 is 1.96 bits per heavy atom. The Kier molecular flexibility index (Phi) is 3.80. The van der Waals surface area contributed by atoms with Gasteiger partial charge in [0.1, 0.15) is 11.6 Å². The van der Waals surface area contributed by atoms with Crippen molar-refractivity contribution >= 4 is 17.3 Å². The van der Waals surface area contributed by atoms with Gasteiger partial charge in [-0.1, -0.05) is 6.07 Å². The molecule has 0 aliphatic carbocycles. The monoisotopic (exact) mass is 310 g/mol. The van der Waals surface area contributed by atoms with Crippen LogP contribution in [-0.2, 0) is 0 Å². The SMILES string of the molecule is Cc1ccc(Nc2ccc(O)c(-c3ccnc(N)n3)c2)c(F)c1. The van der Waals surface area contributed by atoms with E-state index in [1.807, 2.05) is 13.0 Å². The molecule has 3 aromatic rings. The van der Waals surface area contributed by atoms with E-state index in [4.69, 9.17) is 5.73 Å². The van der Waals surface area contributed by atoms with Gasteiger partial charge in [-0.2, -0.15) is 0 Å². The summed E-state index contributed by atoms with van der Waals surface area (Å²) >= 11 is 0. The van der Waals surface area contributed by atoms with Crippen LogP contribution in [0.4, 0.5) is 21.7 Å². The van der Waals surface area contributed by atoms with Crippen molar-refractivity contribution in [1.82, 2.24) is 9.97 Å². The zero-order valence-corrected chi connectivity index (χ0v) is 12.4. The summed E-state index contributed by atoms with van der Waals surface area (Å²) in [6.07, 6.45) is 1.51. The van der Waals surface area contributed by atoms with E-state index in [1.54, 1.807) is 24.3 Å². The second kappa shape index (κ2) is 5.92. The molecule has 0 saturated carbocycles. The molecule has 0 aliphatic heterocycles. The Hall–Kier alpha value is -3.15. The predicted octanol–water partition coefficient (Wildman–Crippen LogP) is 3.62. The summed E-state index contributed by atoms with van der Waals surface area (Å²) in [7, 11) is 0. The van der Waals surface area contributed by atoms with E-state index in [9.17, 15) is 9.50 Å². The van der Waals surface area contributed by atoms with Crippen LogP contribution in [0.2, 0.25) is 0 Å². The Balaban J connectivity index is 1.97. The first-order valence-corrected chi connectivity index (χ1v) is 6.98. The second-order valence-corrected chi connectivity index (χ2v) is 5.14. The van der Waals surface area contributed by atoms with E-state index in [0.29, 0.717) is 22.6 Å². The van der Waals surface area contributed by atoms with E-state index in [2.05, 4.69) is 15.3 Å². The second-order valence-electron chi connectivity index (χ2n) is 5.14. The summed E-state index contributed by atoms with van der Waals surface area (Å²) in [5, 5.41) is 13.0. The zero-order valence-electron chi connectivity index (χ0n) is 12.4. The van der Waals surface area contributed by atoms with E-state index in [-0.39, 0.29) is 17.5 Å². The maximum Gasteiger partial charge on any atom is 0.220 e. The summed E-state index contributed by atoms with van der Waals surface area (Å²) in [4.78, 5) is 7.91. The average Bonchev–Trinajstić information content (AvgIpc) is 2.52. The Morgan fingerprint density at radius 3 is 2.70 bits per heavy atom. The smallest absolute Gasteiger partial charge is 0.220 e. The number of rotatable bonds is 3. The van der Waals surface area contributed by atoms with Gasteiger partial charge in [-0.05, 0) is 48.9 Å². The van der Waals surface area contributed by atoms with Gasteiger partial charge in [0.25, 0.3) is 0 Å². The number of nitrogens with one attached hydrogen (secondary N) is 1. The molecule has 0 saturated heterocycles. The van der Waals surface area contributed by atoms with Gasteiger partial charge in [0, 0.05) is 17.4 Å². The Labute approximate surface area is 132 Å². The van der Waals surface area contributed by atoms with Gasteiger partial charge in [-0.15, -0.1) is 0 Å². The first kappa shape index (κ1) is 14.8. The number of aromatic hydroxyl groups is 1. The number of phenolic OH excluding ortho intramolecular Hbond substituents is 1. The molecule has 1 aromatic heterocycles. The number of hydrogen-bond acceptors (Lipinski definition) is 5. The molecule has 23 heavy (non-hydrogen) atoms. The number of halogens is 1. The van der Waals surface area contributed by atoms with Gasteiger partial charge < -0.3 is 16.2 Å². The Bertz CT molecular complexity index is 867. The van der Waals surface area contributed by atoms with E-state index in [0.717, 1.165) is 5.56 Å². The summed E-state index contributed by atoms with van der Waals surface area (Å²) in [6, 6.07) is 11.4. The van der Waals surface area contributed by atoms with Gasteiger partial charge in [0.2, 0.25) is 5.95 Å². The van der Waals surface area contributed by atoms with Crippen molar-refractivity contribution in [2.45, 2.75) is 6.92 Å². The quantitative estimate of drug-likeness (QED) is 0.643. The summed E-state index contributed by atoms with van der Waals surface area (Å²) < 4.78 is 13.9. The van der Waals surface area contributed by atoms with Gasteiger partial charge in [-0.25, -0.2) is 14.4 Å². The van der Waals surface area contributed by atoms with Crippen LogP contribution in [0.1, 0.15) is 5.56 Å². The number of benzene rings is 2. The highest BCUT2D eigenvalue weighted by Crippen LogP contribution is 2.32. The lowest BCUT2D eigenvalue weighted by Gasteiger charge is -2.11. The highest BCUT2D eigenvalue weighted by atomic mass is 19.1. The summed E-state index contributed by atoms with van der Waals surface area (Å²) in [5.41, 5.74) is 8.37. The average molecular weight is 310 g/mol. The van der Waals surface area contributed by atoms with Crippen molar-refractivity contribution < 1.29 is 9.50 Å². The van der Waals surface area contributed by atoms with Gasteiger partial charge >= 0.3 is 0 Å². The number of hydrogen-bond donors (Lipinski definition) is 3. The maximum absolute atomic E-state index is 13.9. The first-order valence-electron chi connectivity index (χ1n) is 6.98. The number of nitrogens with two attached hydrogens (primary N) is 1. The molecule has 1 heterocycles. The summed E-state index contributed by atoms with van der Waals surface area (Å²) in [6.45, 7) is 1.82. The van der Waals surface area contributed by atoms with Crippen LogP contribution >= 0.6 is 0 Å². The molecule has 0 spiro atoms. The van der Waals surface area contributed by atoms with Crippen LogP contribution in [0, 0.1) is 12.7 Å². The molecule has 0 fully saturated rings. The largest absolute Gasteiger partial charge is 0.507 e. The molecular weight excluding hydrogens is 295 g/mol. The van der Waals surface area contributed by atoms with E-state index >= 15 is 0 Å². The molecule has 0 unspecified atom stereocenters. The molecule has 116 valence electrons. The molecule has 2 aromatic carbocycles. The zero-order chi connectivity index (χ0) is 16.4. The number of aromatic nitrogens is 2. The van der Waals surface area contributed by atoms with Crippen molar-refractivity contribution in [3.05, 3.63) is 60.0 Å². The number of phenols is 1. The van der Waals surface area contributed by atoms with Crippen molar-refractivity contribution in [2.24, 2.45) is 0 Å². The highest BCUT2D eigenvalue weighted by molar-refractivity contribution is 5.74. The minimum absolute atomic E-state index is 0.0537.